The van der Waals surface area contributed by atoms with Crippen molar-refractivity contribution in [2.75, 3.05) is 18.2 Å². The van der Waals surface area contributed by atoms with Gasteiger partial charge in [0.2, 0.25) is 10.0 Å². The number of nitrogens with two attached hydrogens (primary N) is 1. The van der Waals surface area contributed by atoms with Gasteiger partial charge in [-0.3, -0.25) is 4.79 Å². The van der Waals surface area contributed by atoms with E-state index < -0.39 is 21.5 Å². The molecule has 20 heavy (non-hydrogen) atoms. The van der Waals surface area contributed by atoms with Gasteiger partial charge in [0.1, 0.15) is 0 Å². The largest absolute Gasteiger partial charge is 0.350 e. The van der Waals surface area contributed by atoms with Gasteiger partial charge in [-0.15, -0.1) is 0 Å². The molecule has 112 valence electrons. The summed E-state index contributed by atoms with van der Waals surface area (Å²) in [4.78, 5) is 15.9. The zero-order chi connectivity index (χ0) is 15.4. The molecule has 0 bridgehead atoms. The second-order valence-corrected chi connectivity index (χ2v) is 6.73. The van der Waals surface area contributed by atoms with Gasteiger partial charge in [-0.2, -0.15) is 0 Å². The summed E-state index contributed by atoms with van der Waals surface area (Å²) in [5, 5.41) is 2.64. The van der Waals surface area contributed by atoms with Crippen molar-refractivity contribution < 1.29 is 13.2 Å². The number of rotatable bonds is 6. The fraction of sp³-hybridized carbons (Fsp3) is 0.455. The molecule has 1 heterocycles. The minimum Gasteiger partial charge on any atom is -0.350 e. The minimum atomic E-state index is -3.35. The van der Waals surface area contributed by atoms with Crippen molar-refractivity contribution in [1.29, 1.82) is 0 Å². The number of sulfonamides is 1. The molecule has 0 unspecified atom stereocenters. The summed E-state index contributed by atoms with van der Waals surface area (Å²) in [5.41, 5.74) is 1.81. The topological polar surface area (TPSA) is 126 Å². The Balaban J connectivity index is 2.72. The van der Waals surface area contributed by atoms with Crippen LogP contribution in [-0.4, -0.2) is 37.6 Å². The molecule has 0 fully saturated rings. The monoisotopic (exact) mass is 301 g/mol. The zero-order valence-electron chi connectivity index (χ0n) is 11.6. The molecule has 0 atom stereocenters. The highest BCUT2D eigenvalue weighted by atomic mass is 32.2. The molecule has 0 aliphatic carbocycles. The van der Waals surface area contributed by atoms with Crippen molar-refractivity contribution in [3.63, 3.8) is 0 Å². The SMILES string of the molecule is CC(C)(CNC(=O)c1cccnc1NN)NS(C)(=O)=O. The van der Waals surface area contributed by atoms with Gasteiger partial charge in [-0.25, -0.2) is 24.0 Å². The lowest BCUT2D eigenvalue weighted by molar-refractivity contribution is 0.0945. The average Bonchev–Trinajstić information content (AvgIpc) is 2.33. The molecule has 1 aromatic rings. The molecule has 0 aliphatic heterocycles. The Morgan fingerprint density at radius 2 is 2.10 bits per heavy atom. The van der Waals surface area contributed by atoms with E-state index in [0.717, 1.165) is 6.26 Å². The van der Waals surface area contributed by atoms with Crippen LogP contribution in [0.3, 0.4) is 0 Å². The normalized spacial score (nSPS) is 12.0. The van der Waals surface area contributed by atoms with Gasteiger partial charge in [0.15, 0.2) is 5.82 Å². The molecule has 0 spiro atoms. The van der Waals surface area contributed by atoms with Crippen molar-refractivity contribution in [2.24, 2.45) is 5.84 Å². The summed E-state index contributed by atoms with van der Waals surface area (Å²) in [6, 6.07) is 3.17. The number of hydrazine groups is 1. The van der Waals surface area contributed by atoms with E-state index in [4.69, 9.17) is 5.84 Å². The predicted molar refractivity (Wildman–Crippen MR) is 76.4 cm³/mol. The molecule has 0 saturated carbocycles. The van der Waals surface area contributed by atoms with E-state index in [2.05, 4.69) is 20.4 Å². The van der Waals surface area contributed by atoms with Crippen LogP contribution in [-0.2, 0) is 10.0 Å². The molecule has 9 heteroatoms. The van der Waals surface area contributed by atoms with Gasteiger partial charge < -0.3 is 10.7 Å². The average molecular weight is 301 g/mol. The first kappa shape index (κ1) is 16.3. The highest BCUT2D eigenvalue weighted by molar-refractivity contribution is 7.88. The van der Waals surface area contributed by atoms with Crippen LogP contribution in [0.15, 0.2) is 18.3 Å². The van der Waals surface area contributed by atoms with Gasteiger partial charge in [0.05, 0.1) is 11.8 Å². The maximum atomic E-state index is 12.0. The van der Waals surface area contributed by atoms with Crippen LogP contribution in [0, 0.1) is 0 Å². The van der Waals surface area contributed by atoms with E-state index >= 15 is 0 Å². The van der Waals surface area contributed by atoms with Gasteiger partial charge in [0, 0.05) is 18.3 Å². The number of amides is 1. The van der Waals surface area contributed by atoms with E-state index in [1.807, 2.05) is 0 Å². The summed E-state index contributed by atoms with van der Waals surface area (Å²) < 4.78 is 24.8. The highest BCUT2D eigenvalue weighted by Crippen LogP contribution is 2.10. The Labute approximate surface area is 118 Å². The van der Waals surface area contributed by atoms with Crippen molar-refractivity contribution in [2.45, 2.75) is 19.4 Å². The highest BCUT2D eigenvalue weighted by Gasteiger charge is 2.23. The third-order valence-electron chi connectivity index (χ3n) is 2.34. The number of hydrogen-bond donors (Lipinski definition) is 4. The number of anilines is 1. The zero-order valence-corrected chi connectivity index (χ0v) is 12.4. The summed E-state index contributed by atoms with van der Waals surface area (Å²) >= 11 is 0. The number of hydrogen-bond acceptors (Lipinski definition) is 6. The van der Waals surface area contributed by atoms with Gasteiger partial charge in [-0.05, 0) is 26.0 Å². The lowest BCUT2D eigenvalue weighted by Crippen LogP contribution is -2.51. The van der Waals surface area contributed by atoms with E-state index in [-0.39, 0.29) is 17.9 Å². The van der Waals surface area contributed by atoms with Crippen LogP contribution in [0.25, 0.3) is 0 Å². The molecule has 0 saturated heterocycles. The van der Waals surface area contributed by atoms with E-state index in [0.29, 0.717) is 0 Å². The molecular formula is C11H19N5O3S. The Hall–Kier alpha value is -1.71. The van der Waals surface area contributed by atoms with E-state index in [1.165, 1.54) is 6.20 Å². The summed E-state index contributed by atoms with van der Waals surface area (Å²) in [5.74, 6) is 5.12. The standard InChI is InChI=1S/C11H19N5O3S/c1-11(2,16-20(3,18)19)7-14-10(17)8-5-4-6-13-9(8)15-12/h4-6,16H,7,12H2,1-3H3,(H,13,15)(H,14,17). The molecule has 1 amide bonds. The second kappa shape index (κ2) is 6.16. The summed E-state index contributed by atoms with van der Waals surface area (Å²) in [6.07, 6.45) is 2.56. The molecule has 1 rings (SSSR count). The van der Waals surface area contributed by atoms with E-state index in [9.17, 15) is 13.2 Å². The number of nitrogens with one attached hydrogen (secondary N) is 3. The number of carbonyl (C=O) groups excluding carboxylic acids is 1. The first-order valence-electron chi connectivity index (χ1n) is 5.83. The van der Waals surface area contributed by atoms with Gasteiger partial charge >= 0.3 is 0 Å². The Bertz CT molecular complexity index is 585. The van der Waals surface area contributed by atoms with Crippen LogP contribution < -0.4 is 21.3 Å². The number of pyridine rings is 1. The lowest BCUT2D eigenvalue weighted by Gasteiger charge is -2.25. The molecule has 0 radical (unpaired) electrons. The van der Waals surface area contributed by atoms with Crippen LogP contribution in [0.1, 0.15) is 24.2 Å². The molecular weight excluding hydrogens is 282 g/mol. The summed E-state index contributed by atoms with van der Waals surface area (Å²) in [7, 11) is -3.35. The van der Waals surface area contributed by atoms with E-state index in [1.54, 1.807) is 26.0 Å². The minimum absolute atomic E-state index is 0.123. The summed E-state index contributed by atoms with van der Waals surface area (Å²) in [6.45, 7) is 3.46. The number of aromatic nitrogens is 1. The first-order chi connectivity index (χ1) is 9.14. The fourth-order valence-corrected chi connectivity index (χ4v) is 2.71. The van der Waals surface area contributed by atoms with Crippen LogP contribution in [0.2, 0.25) is 0 Å². The fourth-order valence-electron chi connectivity index (χ4n) is 1.64. The lowest BCUT2D eigenvalue weighted by atomic mass is 10.1. The van der Waals surface area contributed by atoms with Crippen molar-refractivity contribution in [3.8, 4) is 0 Å². The smallest absolute Gasteiger partial charge is 0.255 e. The Kier molecular flexibility index (Phi) is 5.03. The van der Waals surface area contributed by atoms with Crippen molar-refractivity contribution in [1.82, 2.24) is 15.0 Å². The van der Waals surface area contributed by atoms with Gasteiger partial charge in [-0.1, -0.05) is 0 Å². The third kappa shape index (κ3) is 5.11. The quantitative estimate of drug-likeness (QED) is 0.411. The van der Waals surface area contributed by atoms with Crippen LogP contribution in [0.4, 0.5) is 5.82 Å². The van der Waals surface area contributed by atoms with Crippen LogP contribution in [0.5, 0.6) is 0 Å². The number of nitrogens with zero attached hydrogens (tertiary/aromatic N) is 1. The maximum Gasteiger partial charge on any atom is 0.255 e. The second-order valence-electron chi connectivity index (χ2n) is 4.98. The molecule has 5 N–H and O–H groups in total. The third-order valence-corrected chi connectivity index (χ3v) is 3.27. The van der Waals surface area contributed by atoms with Crippen molar-refractivity contribution in [3.05, 3.63) is 23.9 Å². The van der Waals surface area contributed by atoms with Crippen LogP contribution >= 0.6 is 0 Å². The molecule has 1 aromatic heterocycles. The Morgan fingerprint density at radius 1 is 1.45 bits per heavy atom. The molecule has 8 nitrogen and oxygen atoms in total. The molecule has 0 aromatic carbocycles. The first-order valence-corrected chi connectivity index (χ1v) is 7.72. The van der Waals surface area contributed by atoms with Crippen molar-refractivity contribution >= 4 is 21.7 Å². The molecule has 0 aliphatic rings. The maximum absolute atomic E-state index is 12.0. The Morgan fingerprint density at radius 3 is 2.65 bits per heavy atom. The predicted octanol–water partition coefficient (Wildman–Crippen LogP) is -0.575. The number of nitrogen functional groups attached to an aromatic ring is 1. The van der Waals surface area contributed by atoms with Gasteiger partial charge in [0.25, 0.3) is 5.91 Å². The number of carbonyl (C=O) groups is 1.